The standard InChI is InChI=1S/C70H104ClIN12O12/c1-18-44(8)59-68(95)78(13)45(9)62(89)84-32-29-53(84)66(93)81(16)55(38-46-25-27-48(71)28-26-46)65(92)77(12)40-57(85)73-50(37-47-23-22-24-49(72)36-47)60(87)74-52(34-42(4)5)64(91)82(17)70(10,11)69(96)75-51(33-41(2)3)63(90)80(15)56(67(94)83-30-20-19-21-31-83)39-58(86)79(14)54(35-43(6)7)61(88)76-59/h22-28,36,41,43-45,50-56,59H,4,18-21,29-35,37-40H2,1-3,5-17H3,(H,73,85)(H,74,87)(H,75,96)(H,76,88)/t44-,45-,50-,51-,52-,53?,54-,55-,56-,59-/m0/s1. The van der Waals surface area contributed by atoms with Crippen molar-refractivity contribution in [2.45, 2.75) is 200 Å². The zero-order valence-corrected chi connectivity index (χ0v) is 62.0. The fraction of sp³-hybridized carbons (Fsp3) is 0.629. The number of nitrogens with one attached hydrogen (secondary N) is 4. The van der Waals surface area contributed by atoms with Gasteiger partial charge in [0.05, 0.1) is 13.0 Å². The lowest BCUT2D eigenvalue weighted by molar-refractivity contribution is -0.160. The zero-order chi connectivity index (χ0) is 72.0. The number of nitrogens with zero attached hydrogens (tertiary/aromatic N) is 8. The number of rotatable bonds is 13. The van der Waals surface area contributed by atoms with E-state index in [4.69, 9.17) is 11.6 Å². The van der Waals surface area contributed by atoms with E-state index in [1.165, 1.54) is 87.6 Å². The van der Waals surface area contributed by atoms with Crippen LogP contribution in [0.25, 0.3) is 0 Å². The van der Waals surface area contributed by atoms with Gasteiger partial charge >= 0.3 is 0 Å². The van der Waals surface area contributed by atoms with Crippen LogP contribution in [0.2, 0.25) is 5.02 Å². The van der Waals surface area contributed by atoms with Crippen LogP contribution in [0.3, 0.4) is 0 Å². The van der Waals surface area contributed by atoms with Gasteiger partial charge in [0.15, 0.2) is 0 Å². The van der Waals surface area contributed by atoms with Crippen molar-refractivity contribution in [3.63, 3.8) is 0 Å². The number of carbonyl (C=O) groups excluding carboxylic acids is 12. The summed E-state index contributed by atoms with van der Waals surface area (Å²) in [6.45, 7) is 21.5. The van der Waals surface area contributed by atoms with Gasteiger partial charge in [0.2, 0.25) is 70.9 Å². The number of carbonyl (C=O) groups is 12. The Kier molecular flexibility index (Phi) is 29.3. The molecule has 2 aromatic rings. The minimum atomic E-state index is -1.73. The number of likely N-dealkylation sites (N-methyl/N-ethyl adjacent to an activating group) is 6. The number of piperidine rings is 1. The summed E-state index contributed by atoms with van der Waals surface area (Å²) >= 11 is 8.39. The van der Waals surface area contributed by atoms with Gasteiger partial charge in [-0.15, -0.1) is 6.58 Å². The van der Waals surface area contributed by atoms with Crippen LogP contribution in [0.15, 0.2) is 60.7 Å². The van der Waals surface area contributed by atoms with E-state index in [1.807, 2.05) is 46.8 Å². The van der Waals surface area contributed by atoms with Gasteiger partial charge in [-0.05, 0) is 148 Å². The van der Waals surface area contributed by atoms with Gasteiger partial charge in [-0.1, -0.05) is 89.4 Å². The van der Waals surface area contributed by atoms with Crippen LogP contribution in [0.1, 0.15) is 138 Å². The summed E-state index contributed by atoms with van der Waals surface area (Å²) in [5.41, 5.74) is 0.0198. The van der Waals surface area contributed by atoms with Gasteiger partial charge in [0.1, 0.15) is 59.9 Å². The number of fused-ring (bicyclic) bond motifs is 1. The molecule has 12 amide bonds. The molecule has 3 aliphatic heterocycles. The van der Waals surface area contributed by atoms with Crippen LogP contribution >= 0.6 is 34.2 Å². The summed E-state index contributed by atoms with van der Waals surface area (Å²) in [5.74, 6) is -8.87. The summed E-state index contributed by atoms with van der Waals surface area (Å²) in [7, 11) is 8.47. The Morgan fingerprint density at radius 1 is 0.656 bits per heavy atom. The molecule has 0 radical (unpaired) electrons. The second-order valence-electron chi connectivity index (χ2n) is 27.8. The van der Waals surface area contributed by atoms with E-state index in [2.05, 4.69) is 50.4 Å². The maximum Gasteiger partial charge on any atom is 0.246 e. The molecule has 3 heterocycles. The van der Waals surface area contributed by atoms with Crippen LogP contribution in [-0.2, 0) is 70.4 Å². The third-order valence-corrected chi connectivity index (χ3v) is 20.0. The first-order valence-corrected chi connectivity index (χ1v) is 34.9. The summed E-state index contributed by atoms with van der Waals surface area (Å²) in [4.78, 5) is 188. The molecule has 0 spiro atoms. The first-order valence-electron chi connectivity index (χ1n) is 33.4. The van der Waals surface area contributed by atoms with Gasteiger partial charge in [-0.2, -0.15) is 0 Å². The van der Waals surface area contributed by atoms with E-state index in [9.17, 15) is 52.7 Å². The Hall–Kier alpha value is -7.16. The fourth-order valence-corrected chi connectivity index (χ4v) is 12.9. The van der Waals surface area contributed by atoms with Gasteiger partial charge in [-0.3, -0.25) is 57.5 Å². The van der Waals surface area contributed by atoms with E-state index in [0.717, 1.165) is 19.8 Å². The molecule has 2 aromatic carbocycles. The number of amides is 12. The van der Waals surface area contributed by atoms with Gasteiger partial charge < -0.3 is 60.5 Å². The van der Waals surface area contributed by atoms with Crippen LogP contribution in [-0.4, -0.2) is 238 Å². The van der Waals surface area contributed by atoms with E-state index < -0.39 is 150 Å². The van der Waals surface area contributed by atoms with Crippen molar-refractivity contribution >= 4 is 105 Å². The minimum Gasteiger partial charge on any atom is -0.342 e. The number of halogens is 2. The molecule has 1 unspecified atom stereocenters. The smallest absolute Gasteiger partial charge is 0.246 e. The molecular weight excluding hydrogens is 1360 g/mol. The minimum absolute atomic E-state index is 0.0428. The van der Waals surface area contributed by atoms with Crippen molar-refractivity contribution in [3.8, 4) is 0 Å². The molecule has 0 aromatic heterocycles. The van der Waals surface area contributed by atoms with Crippen molar-refractivity contribution in [2.75, 3.05) is 68.5 Å². The molecule has 24 nitrogen and oxygen atoms in total. The first kappa shape index (κ1) is 79.5. The molecule has 0 bridgehead atoms. The lowest BCUT2D eigenvalue weighted by Gasteiger charge is -2.45. The molecule has 530 valence electrons. The Labute approximate surface area is 586 Å². The average Bonchev–Trinajstić information content (AvgIpc) is 0.791. The molecule has 0 aliphatic carbocycles. The largest absolute Gasteiger partial charge is 0.342 e. The molecule has 3 saturated heterocycles. The summed E-state index contributed by atoms with van der Waals surface area (Å²) in [5, 5.41) is 11.8. The van der Waals surface area contributed by atoms with E-state index >= 15 is 4.79 Å². The molecule has 96 heavy (non-hydrogen) atoms. The molecule has 3 aliphatic rings. The molecule has 10 atom stereocenters. The number of hydrogen-bond donors (Lipinski definition) is 4. The normalized spacial score (nSPS) is 25.7. The van der Waals surface area contributed by atoms with E-state index in [1.54, 1.807) is 55.1 Å². The molecule has 3 fully saturated rings. The molecular formula is C70H104ClIN12O12. The van der Waals surface area contributed by atoms with Gasteiger partial charge in [0.25, 0.3) is 0 Å². The summed E-state index contributed by atoms with van der Waals surface area (Å²) < 4.78 is 0.834. The Morgan fingerprint density at radius 3 is 1.84 bits per heavy atom. The highest BCUT2D eigenvalue weighted by Crippen LogP contribution is 2.27. The van der Waals surface area contributed by atoms with Crippen LogP contribution in [0.5, 0.6) is 0 Å². The quantitative estimate of drug-likeness (QED) is 0.155. The van der Waals surface area contributed by atoms with E-state index in [-0.39, 0.29) is 56.9 Å². The first-order chi connectivity index (χ1) is 44.9. The molecule has 0 saturated carbocycles. The predicted octanol–water partition coefficient (Wildman–Crippen LogP) is 4.81. The third-order valence-electron chi connectivity index (χ3n) is 19.0. The lowest BCUT2D eigenvalue weighted by atomic mass is 9.94. The highest BCUT2D eigenvalue weighted by Gasteiger charge is 2.47. The van der Waals surface area contributed by atoms with Crippen molar-refractivity contribution in [2.24, 2.45) is 17.8 Å². The maximum atomic E-state index is 15.2. The Bertz CT molecular complexity index is 3180. The second kappa shape index (κ2) is 35.4. The number of hydrogen-bond acceptors (Lipinski definition) is 12. The Morgan fingerprint density at radius 2 is 1.28 bits per heavy atom. The highest BCUT2D eigenvalue weighted by atomic mass is 127. The topological polar surface area (TPSA) is 279 Å². The average molecular weight is 1470 g/mol. The van der Waals surface area contributed by atoms with Crippen LogP contribution in [0, 0.1) is 21.3 Å². The van der Waals surface area contributed by atoms with Crippen molar-refractivity contribution in [1.82, 2.24) is 60.5 Å². The number of benzene rings is 2. The van der Waals surface area contributed by atoms with Crippen molar-refractivity contribution < 1.29 is 57.5 Å². The molecule has 26 heteroatoms. The molecule has 5 rings (SSSR count). The summed E-state index contributed by atoms with van der Waals surface area (Å²) in [6.07, 6.45) is 2.31. The molecule has 4 N–H and O–H groups in total. The lowest BCUT2D eigenvalue weighted by Crippen LogP contribution is -2.65. The van der Waals surface area contributed by atoms with Gasteiger partial charge in [0, 0.05) is 83.4 Å². The van der Waals surface area contributed by atoms with Crippen molar-refractivity contribution in [1.29, 1.82) is 0 Å². The van der Waals surface area contributed by atoms with E-state index in [0.29, 0.717) is 54.1 Å². The third kappa shape index (κ3) is 20.7. The Balaban J connectivity index is 1.64. The second-order valence-corrected chi connectivity index (χ2v) is 29.5. The monoisotopic (exact) mass is 1470 g/mol. The van der Waals surface area contributed by atoms with Crippen LogP contribution in [0.4, 0.5) is 0 Å². The highest BCUT2D eigenvalue weighted by molar-refractivity contribution is 14.1. The summed E-state index contributed by atoms with van der Waals surface area (Å²) in [6, 6.07) is 2.63. The van der Waals surface area contributed by atoms with Crippen LogP contribution < -0.4 is 21.3 Å². The predicted molar refractivity (Wildman–Crippen MR) is 375 cm³/mol. The zero-order valence-electron chi connectivity index (χ0n) is 59.1. The number of likely N-dealkylation sites (tertiary alicyclic amines) is 1. The van der Waals surface area contributed by atoms with Crippen molar-refractivity contribution in [3.05, 3.63) is 80.4 Å². The fourth-order valence-electron chi connectivity index (χ4n) is 12.2. The maximum absolute atomic E-state index is 15.2. The SMILES string of the molecule is C=C(C)C[C@@H]1NC(=O)[C@H](Cc2cccc(I)c2)NC(=O)CN(C)C(=O)[C@H](Cc2ccc(Cl)cc2)N(C)C(=O)C2CCN2C(=O)[C@H](C)N(C)C(=O)[C@H]([C@@H](C)CC)NC(=O)[C@H](CC(C)C)N(C)C(=O)C[C@@H](C(=O)N2CCCCC2)N(C)C(=O)[C@H](CC(C)C)NC(=O)C(C)(C)N(C)C1=O. The van der Waals surface area contributed by atoms with Gasteiger partial charge in [-0.25, -0.2) is 0 Å².